The zero-order valence-electron chi connectivity index (χ0n) is 6.29. The van der Waals surface area contributed by atoms with Crippen LogP contribution in [0.4, 0.5) is 0 Å². The molecule has 0 amide bonds. The highest BCUT2D eigenvalue weighted by molar-refractivity contribution is 7.48. The number of ether oxygens (including phenoxy) is 1. The number of benzene rings is 1. The van der Waals surface area contributed by atoms with Crippen LogP contribution in [0.15, 0.2) is 42.4 Å². The van der Waals surface area contributed by atoms with E-state index >= 15 is 0 Å². The maximum absolute atomic E-state index is 8.48. The summed E-state index contributed by atoms with van der Waals surface area (Å²) in [6, 6.07) is 9.11. The van der Waals surface area contributed by atoms with E-state index < -0.39 is 8.38 Å². The number of para-hydroxylation sites is 1. The lowest BCUT2D eigenvalue weighted by Gasteiger charge is -1.98. The second-order valence-electron chi connectivity index (χ2n) is 2.04. The van der Waals surface area contributed by atoms with E-state index in [0.29, 0.717) is 5.75 Å². The van der Waals surface area contributed by atoms with Gasteiger partial charge in [-0.1, -0.05) is 18.2 Å². The first-order valence-corrected chi connectivity index (χ1v) is 4.66. The van der Waals surface area contributed by atoms with E-state index in [0.717, 1.165) is 0 Å². The minimum absolute atomic E-state index is 0.672. The molecule has 1 aromatic carbocycles. The third kappa shape index (κ3) is 3.49. The van der Waals surface area contributed by atoms with Gasteiger partial charge in [0.25, 0.3) is 0 Å². The Kier molecular flexibility index (Phi) is 3.74. The van der Waals surface area contributed by atoms with Crippen LogP contribution in [0.1, 0.15) is 0 Å². The molecule has 0 aromatic heterocycles. The summed E-state index contributed by atoms with van der Waals surface area (Å²) in [6.45, 7) is 0. The maximum atomic E-state index is 8.48. The Morgan fingerprint density at radius 3 is 2.42 bits per heavy atom. The average Bonchev–Trinajstić information content (AvgIpc) is 2.05. The summed E-state index contributed by atoms with van der Waals surface area (Å²) in [5.41, 5.74) is 0. The van der Waals surface area contributed by atoms with E-state index in [1.807, 2.05) is 18.2 Å². The minimum Gasteiger partial charge on any atom is -0.465 e. The van der Waals surface area contributed by atoms with Gasteiger partial charge in [-0.05, 0) is 12.1 Å². The summed E-state index contributed by atoms with van der Waals surface area (Å²) in [5.74, 6) is 1.87. The van der Waals surface area contributed by atoms with E-state index in [2.05, 4.69) is 0 Å². The highest BCUT2D eigenvalue weighted by Crippen LogP contribution is 2.24. The van der Waals surface area contributed by atoms with Crippen molar-refractivity contribution in [1.29, 1.82) is 0 Å². The van der Waals surface area contributed by atoms with E-state index in [1.165, 1.54) is 12.1 Å². The van der Waals surface area contributed by atoms with E-state index in [1.54, 1.807) is 12.1 Å². The number of hydrogen-bond donors (Lipinski definition) is 2. The van der Waals surface area contributed by atoms with Crippen molar-refractivity contribution in [1.82, 2.24) is 0 Å². The average molecular weight is 184 g/mol. The summed E-state index contributed by atoms with van der Waals surface area (Å²) in [6.07, 6.45) is 1.26. The standard InChI is InChI=1S/C8H9O3P/c9-12(10)7-6-11-8-4-2-1-3-5-8/h1-7,9-10H. The van der Waals surface area contributed by atoms with Crippen LogP contribution in [0.25, 0.3) is 0 Å². The van der Waals surface area contributed by atoms with Crippen LogP contribution < -0.4 is 4.74 Å². The predicted octanol–water partition coefficient (Wildman–Crippen LogP) is 1.83. The zero-order valence-corrected chi connectivity index (χ0v) is 7.19. The fraction of sp³-hybridized carbons (Fsp3) is 0. The molecule has 0 aliphatic rings. The third-order valence-electron chi connectivity index (χ3n) is 1.14. The van der Waals surface area contributed by atoms with Crippen molar-refractivity contribution in [2.45, 2.75) is 0 Å². The summed E-state index contributed by atoms with van der Waals surface area (Å²) < 4.78 is 5.03. The van der Waals surface area contributed by atoms with Crippen molar-refractivity contribution < 1.29 is 14.5 Å². The maximum Gasteiger partial charge on any atom is 0.195 e. The SMILES string of the molecule is OP(O)C=COc1ccccc1. The van der Waals surface area contributed by atoms with Gasteiger partial charge in [0.15, 0.2) is 8.38 Å². The van der Waals surface area contributed by atoms with Crippen LogP contribution in [-0.4, -0.2) is 9.79 Å². The Hall–Kier alpha value is -0.890. The number of rotatable bonds is 3. The van der Waals surface area contributed by atoms with Gasteiger partial charge in [0.2, 0.25) is 0 Å². The second kappa shape index (κ2) is 4.88. The van der Waals surface area contributed by atoms with Crippen LogP contribution in [0.5, 0.6) is 5.75 Å². The van der Waals surface area contributed by atoms with E-state index in [-0.39, 0.29) is 0 Å². The highest BCUT2D eigenvalue weighted by atomic mass is 31.2. The Labute approximate surface area is 71.8 Å². The molecule has 0 bridgehead atoms. The van der Waals surface area contributed by atoms with Gasteiger partial charge in [0.1, 0.15) is 5.75 Å². The van der Waals surface area contributed by atoms with Gasteiger partial charge in [-0.25, -0.2) is 0 Å². The second-order valence-corrected chi connectivity index (χ2v) is 2.98. The lowest BCUT2D eigenvalue weighted by Crippen LogP contribution is -1.79. The van der Waals surface area contributed by atoms with Gasteiger partial charge >= 0.3 is 0 Å². The minimum atomic E-state index is -2.00. The van der Waals surface area contributed by atoms with Crippen LogP contribution in [0, 0.1) is 0 Å². The molecule has 4 heteroatoms. The number of hydrogen-bond acceptors (Lipinski definition) is 3. The first-order valence-electron chi connectivity index (χ1n) is 3.34. The van der Waals surface area contributed by atoms with Crippen LogP contribution in [0.3, 0.4) is 0 Å². The fourth-order valence-corrected chi connectivity index (χ4v) is 0.832. The molecule has 0 unspecified atom stereocenters. The molecule has 0 saturated heterocycles. The molecule has 12 heavy (non-hydrogen) atoms. The zero-order chi connectivity index (χ0) is 8.81. The lowest BCUT2D eigenvalue weighted by atomic mass is 10.3. The van der Waals surface area contributed by atoms with Crippen molar-refractivity contribution in [3.63, 3.8) is 0 Å². The van der Waals surface area contributed by atoms with Gasteiger partial charge in [-0.15, -0.1) is 0 Å². The highest BCUT2D eigenvalue weighted by Gasteiger charge is 1.89. The monoisotopic (exact) mass is 184 g/mol. The molecule has 1 rings (SSSR count). The van der Waals surface area contributed by atoms with Crippen LogP contribution >= 0.6 is 8.38 Å². The molecular formula is C8H9O3P. The molecule has 1 aromatic rings. The molecule has 64 valence electrons. The van der Waals surface area contributed by atoms with Crippen molar-refractivity contribution in [3.8, 4) is 5.75 Å². The molecule has 0 aliphatic heterocycles. The molecule has 0 fully saturated rings. The first kappa shape index (κ1) is 9.20. The van der Waals surface area contributed by atoms with Crippen molar-refractivity contribution in [3.05, 3.63) is 42.4 Å². The summed E-state index contributed by atoms with van der Waals surface area (Å²) in [5, 5.41) is 0. The Morgan fingerprint density at radius 2 is 1.83 bits per heavy atom. The Bertz CT molecular complexity index is 246. The van der Waals surface area contributed by atoms with E-state index in [4.69, 9.17) is 14.5 Å². The third-order valence-corrected chi connectivity index (χ3v) is 1.53. The van der Waals surface area contributed by atoms with Gasteiger partial charge in [0.05, 0.1) is 6.26 Å². The van der Waals surface area contributed by atoms with E-state index in [9.17, 15) is 0 Å². The Morgan fingerprint density at radius 1 is 1.17 bits per heavy atom. The van der Waals surface area contributed by atoms with Gasteiger partial charge in [0, 0.05) is 5.82 Å². The van der Waals surface area contributed by atoms with Crippen molar-refractivity contribution in [2.24, 2.45) is 0 Å². The fourth-order valence-electron chi connectivity index (χ4n) is 0.662. The smallest absolute Gasteiger partial charge is 0.195 e. The molecule has 0 atom stereocenters. The molecule has 0 saturated carbocycles. The normalized spacial score (nSPS) is 10.9. The topological polar surface area (TPSA) is 49.7 Å². The van der Waals surface area contributed by atoms with Crippen LogP contribution in [-0.2, 0) is 0 Å². The van der Waals surface area contributed by atoms with Crippen molar-refractivity contribution >= 4 is 8.38 Å². The lowest BCUT2D eigenvalue weighted by molar-refractivity contribution is 0.472. The van der Waals surface area contributed by atoms with Gasteiger partial charge < -0.3 is 14.5 Å². The molecule has 2 N–H and O–H groups in total. The summed E-state index contributed by atoms with van der Waals surface area (Å²) in [7, 11) is -2.00. The van der Waals surface area contributed by atoms with Crippen LogP contribution in [0.2, 0.25) is 0 Å². The van der Waals surface area contributed by atoms with Crippen molar-refractivity contribution in [2.75, 3.05) is 0 Å². The molecule has 3 nitrogen and oxygen atoms in total. The first-order chi connectivity index (χ1) is 5.79. The molecule has 0 radical (unpaired) electrons. The summed E-state index contributed by atoms with van der Waals surface area (Å²) in [4.78, 5) is 17.0. The summed E-state index contributed by atoms with van der Waals surface area (Å²) >= 11 is 0. The molecular weight excluding hydrogens is 175 g/mol. The molecule has 0 heterocycles. The van der Waals surface area contributed by atoms with Gasteiger partial charge in [-0.2, -0.15) is 0 Å². The molecule has 0 aliphatic carbocycles. The van der Waals surface area contributed by atoms with Gasteiger partial charge in [-0.3, -0.25) is 0 Å². The quantitative estimate of drug-likeness (QED) is 0.556. The molecule has 0 spiro atoms. The largest absolute Gasteiger partial charge is 0.465 e. The Balaban J connectivity index is 2.43. The predicted molar refractivity (Wildman–Crippen MR) is 47.6 cm³/mol.